The lowest BCUT2D eigenvalue weighted by molar-refractivity contribution is 0.0859. The van der Waals surface area contributed by atoms with E-state index in [1.165, 1.54) is 11.2 Å². The van der Waals surface area contributed by atoms with Gasteiger partial charge in [-0.3, -0.25) is 22.9 Å². The quantitative estimate of drug-likeness (QED) is 0.0846. The molecule has 0 bridgehead atoms. The molecule has 3 aromatic carbocycles. The zero-order chi connectivity index (χ0) is 39.4. The average molecular weight is 778 g/mol. The van der Waals surface area contributed by atoms with Gasteiger partial charge >= 0.3 is 13.9 Å². The second-order valence-electron chi connectivity index (χ2n) is 14.7. The number of rotatable bonds is 14. The summed E-state index contributed by atoms with van der Waals surface area (Å²) in [6.45, 7) is 9.36. The normalized spacial score (nSPS) is 14.0. The van der Waals surface area contributed by atoms with E-state index in [2.05, 4.69) is 36.1 Å². The molecule has 4 heterocycles. The fraction of sp³-hybridized carbons (Fsp3) is 0.349. The minimum atomic E-state index is -4.02. The van der Waals surface area contributed by atoms with Gasteiger partial charge in [0.25, 0.3) is 0 Å². The zero-order valence-corrected chi connectivity index (χ0v) is 33.2. The number of phosphoric ester groups is 1. The third-order valence-corrected chi connectivity index (χ3v) is 12.1. The second-order valence-corrected chi connectivity index (χ2v) is 16.4. The van der Waals surface area contributed by atoms with E-state index in [1.54, 1.807) is 4.52 Å². The number of pyridine rings is 1. The number of carbonyl (C=O) groups excluding carboxylic acids is 1. The predicted octanol–water partition coefficient (Wildman–Crippen LogP) is 9.93. The summed E-state index contributed by atoms with van der Waals surface area (Å²) < 4.78 is 35.0. The highest BCUT2D eigenvalue weighted by Crippen LogP contribution is 2.51. The number of hydrogen-bond donors (Lipinski definition) is 1. The Morgan fingerprint density at radius 3 is 2.14 bits per heavy atom. The highest BCUT2D eigenvalue weighted by atomic mass is 31.2. The van der Waals surface area contributed by atoms with Crippen LogP contribution in [0, 0.1) is 13.8 Å². The molecule has 6 aromatic rings. The van der Waals surface area contributed by atoms with Crippen LogP contribution < -0.4 is 0 Å². The molecule has 1 amide bonds. The Balaban J connectivity index is 1.19. The van der Waals surface area contributed by atoms with Crippen molar-refractivity contribution in [2.24, 2.45) is 0 Å². The minimum absolute atomic E-state index is 0.0274. The molecule has 0 spiro atoms. The van der Waals surface area contributed by atoms with Crippen molar-refractivity contribution in [3.8, 4) is 11.3 Å². The average Bonchev–Trinajstić information content (AvgIpc) is 3.83. The predicted molar refractivity (Wildman–Crippen MR) is 215 cm³/mol. The summed E-state index contributed by atoms with van der Waals surface area (Å²) in [6, 6.07) is 25.1. The van der Waals surface area contributed by atoms with Crippen LogP contribution in [-0.2, 0) is 31.4 Å². The van der Waals surface area contributed by atoms with Crippen molar-refractivity contribution in [3.05, 3.63) is 125 Å². The summed E-state index contributed by atoms with van der Waals surface area (Å²) in [5.41, 5.74) is 9.04. The topological polar surface area (TPSA) is 137 Å². The van der Waals surface area contributed by atoms with Gasteiger partial charge in [-0.15, -0.1) is 0 Å². The van der Waals surface area contributed by atoms with Crippen LogP contribution in [0.5, 0.6) is 0 Å². The van der Waals surface area contributed by atoms with Gasteiger partial charge in [-0.05, 0) is 90.5 Å². The largest absolute Gasteiger partial charge is 0.475 e. The third kappa shape index (κ3) is 8.34. The number of nitrogens with zero attached hydrogens (tertiary/aromatic N) is 5. The van der Waals surface area contributed by atoms with Gasteiger partial charge in [0.2, 0.25) is 5.91 Å². The zero-order valence-electron chi connectivity index (χ0n) is 32.3. The van der Waals surface area contributed by atoms with Crippen molar-refractivity contribution in [3.63, 3.8) is 0 Å². The Labute approximate surface area is 326 Å². The number of carbonyl (C=O) groups is 2. The van der Waals surface area contributed by atoms with Crippen LogP contribution in [0.2, 0.25) is 0 Å². The Kier molecular flexibility index (Phi) is 11.8. The molecule has 0 aliphatic carbocycles. The molecule has 7 rings (SSSR count). The highest BCUT2D eigenvalue weighted by Gasteiger charge is 2.30. The molecule has 12 nitrogen and oxygen atoms in total. The van der Waals surface area contributed by atoms with E-state index in [0.29, 0.717) is 13.1 Å². The standard InChI is InChI=1S/C43H48N5O7P/c1-29(2)40-36-24-35(34-19-21-46(22-20-34)43(50)51)17-18-38(36)48(41(40)37-25-47-42(44-28-45-47)31(4)30(37)3)39(49)16-11-23-53-56(52,54-26-32-12-7-5-8-13-32)55-27-33-14-9-6-10-15-33/h5-10,12-15,17-18,24-25,28-29,34H,11,16,19-23,26-27H2,1-4H3,(H,50,51). The number of likely N-dealkylation sites (tertiary alicyclic amines) is 1. The number of piperidine rings is 1. The summed E-state index contributed by atoms with van der Waals surface area (Å²) in [6.07, 6.45) is 4.43. The van der Waals surface area contributed by atoms with E-state index in [4.69, 9.17) is 13.6 Å². The first-order valence-electron chi connectivity index (χ1n) is 19.1. The van der Waals surface area contributed by atoms with Gasteiger partial charge in [0, 0.05) is 36.7 Å². The molecule has 292 valence electrons. The van der Waals surface area contributed by atoms with Crippen LogP contribution >= 0.6 is 7.82 Å². The van der Waals surface area contributed by atoms with Crippen LogP contribution in [0.25, 0.3) is 27.8 Å². The first-order chi connectivity index (χ1) is 27.0. The Morgan fingerprint density at radius 1 is 0.893 bits per heavy atom. The molecule has 1 aliphatic heterocycles. The van der Waals surface area contributed by atoms with Gasteiger partial charge < -0.3 is 10.0 Å². The van der Waals surface area contributed by atoms with E-state index in [0.717, 1.165) is 74.0 Å². The van der Waals surface area contributed by atoms with Crippen molar-refractivity contribution >= 4 is 36.4 Å². The van der Waals surface area contributed by atoms with E-state index >= 15 is 0 Å². The molecule has 1 saturated heterocycles. The first kappa shape index (κ1) is 39.1. The molecule has 0 saturated carbocycles. The van der Waals surface area contributed by atoms with Gasteiger partial charge in [0.05, 0.1) is 31.0 Å². The molecule has 13 heteroatoms. The number of amides is 1. The van der Waals surface area contributed by atoms with Crippen molar-refractivity contribution in [2.45, 2.75) is 78.4 Å². The fourth-order valence-corrected chi connectivity index (χ4v) is 8.81. The Morgan fingerprint density at radius 2 is 1.54 bits per heavy atom. The summed E-state index contributed by atoms with van der Waals surface area (Å²) in [5, 5.41) is 15.0. The van der Waals surface area contributed by atoms with Crippen molar-refractivity contribution in [1.82, 2.24) is 24.1 Å². The highest BCUT2D eigenvalue weighted by molar-refractivity contribution is 7.48. The molecular formula is C43H48N5O7P. The van der Waals surface area contributed by atoms with Crippen LogP contribution in [0.3, 0.4) is 0 Å². The molecule has 0 unspecified atom stereocenters. The van der Waals surface area contributed by atoms with Crippen LogP contribution in [0.4, 0.5) is 4.79 Å². The number of fused-ring (bicyclic) bond motifs is 2. The monoisotopic (exact) mass is 777 g/mol. The Bertz CT molecular complexity index is 2340. The number of carboxylic acid groups (broad SMARTS) is 1. The molecule has 3 aromatic heterocycles. The smallest absolute Gasteiger partial charge is 0.465 e. The minimum Gasteiger partial charge on any atom is -0.465 e. The number of aryl methyl sites for hydroxylation is 1. The number of aromatic nitrogens is 4. The van der Waals surface area contributed by atoms with E-state index in [1.807, 2.05) is 91.3 Å². The third-order valence-electron chi connectivity index (χ3n) is 10.7. The SMILES string of the molecule is Cc1c(-c2c(C(C)C)c3cc(C4CCN(C(=O)O)CC4)ccc3n2C(=O)CCCOP(=O)(OCc2ccccc2)OCc2ccccc2)cn2ncnc2c1C. The van der Waals surface area contributed by atoms with Gasteiger partial charge in [-0.25, -0.2) is 18.9 Å². The summed E-state index contributed by atoms with van der Waals surface area (Å²) in [5.74, 6) is 0.118. The van der Waals surface area contributed by atoms with Crippen molar-refractivity contribution in [2.75, 3.05) is 19.7 Å². The number of hydrogen-bond acceptors (Lipinski definition) is 8. The van der Waals surface area contributed by atoms with E-state index in [-0.39, 0.29) is 50.4 Å². The van der Waals surface area contributed by atoms with Crippen molar-refractivity contribution in [1.29, 1.82) is 0 Å². The molecule has 1 N–H and O–H groups in total. The summed E-state index contributed by atoms with van der Waals surface area (Å²) >= 11 is 0. The van der Waals surface area contributed by atoms with Gasteiger partial charge in [-0.1, -0.05) is 80.6 Å². The molecule has 0 radical (unpaired) electrons. The lowest BCUT2D eigenvalue weighted by Crippen LogP contribution is -2.36. The molecular weight excluding hydrogens is 729 g/mol. The van der Waals surface area contributed by atoms with E-state index in [9.17, 15) is 19.3 Å². The summed E-state index contributed by atoms with van der Waals surface area (Å²) in [4.78, 5) is 32.1. The van der Waals surface area contributed by atoms with Gasteiger partial charge in [0.15, 0.2) is 5.65 Å². The van der Waals surface area contributed by atoms with E-state index < -0.39 is 13.9 Å². The Hall–Kier alpha value is -5.13. The second kappa shape index (κ2) is 16.9. The van der Waals surface area contributed by atoms with Gasteiger partial charge in [0.1, 0.15) is 6.33 Å². The molecule has 0 atom stereocenters. The maximum Gasteiger partial charge on any atom is 0.475 e. The number of benzene rings is 3. The molecule has 56 heavy (non-hydrogen) atoms. The fourth-order valence-electron chi connectivity index (χ4n) is 7.62. The van der Waals surface area contributed by atoms with Gasteiger partial charge in [-0.2, -0.15) is 5.10 Å². The van der Waals surface area contributed by atoms with Crippen LogP contribution in [-0.4, -0.2) is 60.9 Å². The number of phosphoric acid groups is 1. The molecule has 1 fully saturated rings. The molecule has 1 aliphatic rings. The van der Waals surface area contributed by atoms with Crippen molar-refractivity contribution < 1.29 is 32.8 Å². The van der Waals surface area contributed by atoms with Crippen LogP contribution in [0.1, 0.15) is 89.5 Å². The lowest BCUT2D eigenvalue weighted by Gasteiger charge is -2.30. The summed E-state index contributed by atoms with van der Waals surface area (Å²) in [7, 11) is -4.02. The first-order valence-corrected chi connectivity index (χ1v) is 20.6. The van der Waals surface area contributed by atoms with Crippen LogP contribution in [0.15, 0.2) is 91.4 Å². The maximum absolute atomic E-state index is 14.6. The maximum atomic E-state index is 14.6. The lowest BCUT2D eigenvalue weighted by atomic mass is 9.87.